The van der Waals surface area contributed by atoms with Crippen molar-refractivity contribution in [1.29, 1.82) is 0 Å². The van der Waals surface area contributed by atoms with Crippen LogP contribution in [0.25, 0.3) is 0 Å². The second-order valence-electron chi connectivity index (χ2n) is 6.08. The molecule has 0 amide bonds. The molecule has 2 heteroatoms. The predicted molar refractivity (Wildman–Crippen MR) is 82.2 cm³/mol. The summed E-state index contributed by atoms with van der Waals surface area (Å²) < 4.78 is 0. The fourth-order valence-corrected chi connectivity index (χ4v) is 3.06. The average Bonchev–Trinajstić information content (AvgIpc) is 2.45. The van der Waals surface area contributed by atoms with Crippen LogP contribution in [0.5, 0.6) is 0 Å². The van der Waals surface area contributed by atoms with Crippen molar-refractivity contribution in [3.8, 4) is 0 Å². The molecule has 1 fully saturated rings. The summed E-state index contributed by atoms with van der Waals surface area (Å²) in [6, 6.07) is 12.7. The van der Waals surface area contributed by atoms with Crippen molar-refractivity contribution in [3.63, 3.8) is 0 Å². The number of nitrogens with one attached hydrogen (secondary N) is 1. The topological polar surface area (TPSA) is 15.3 Å². The summed E-state index contributed by atoms with van der Waals surface area (Å²) in [5.74, 6) is 0. The SMILES string of the molecule is CC(C)N(C)C1CCCCC1NCc1ccccc1. The molecule has 1 aromatic rings. The third-order valence-corrected chi connectivity index (χ3v) is 4.48. The molecule has 2 atom stereocenters. The lowest BCUT2D eigenvalue weighted by atomic mass is 9.88. The van der Waals surface area contributed by atoms with E-state index in [4.69, 9.17) is 0 Å². The van der Waals surface area contributed by atoms with Crippen molar-refractivity contribution >= 4 is 0 Å². The lowest BCUT2D eigenvalue weighted by Crippen LogP contribution is -2.52. The van der Waals surface area contributed by atoms with Gasteiger partial charge in [-0.25, -0.2) is 0 Å². The quantitative estimate of drug-likeness (QED) is 0.872. The Morgan fingerprint density at radius 1 is 1.16 bits per heavy atom. The zero-order valence-corrected chi connectivity index (χ0v) is 12.6. The monoisotopic (exact) mass is 260 g/mol. The van der Waals surface area contributed by atoms with Gasteiger partial charge in [-0.3, -0.25) is 4.90 Å². The molecule has 19 heavy (non-hydrogen) atoms. The smallest absolute Gasteiger partial charge is 0.0249 e. The minimum atomic E-state index is 0.629. The highest BCUT2D eigenvalue weighted by molar-refractivity contribution is 5.14. The number of nitrogens with zero attached hydrogens (tertiary/aromatic N) is 1. The van der Waals surface area contributed by atoms with Crippen molar-refractivity contribution in [2.24, 2.45) is 0 Å². The highest BCUT2D eigenvalue weighted by Crippen LogP contribution is 2.24. The van der Waals surface area contributed by atoms with Crippen molar-refractivity contribution in [3.05, 3.63) is 35.9 Å². The Morgan fingerprint density at radius 3 is 2.53 bits per heavy atom. The van der Waals surface area contributed by atoms with Gasteiger partial charge in [0.1, 0.15) is 0 Å². The molecule has 1 aromatic carbocycles. The van der Waals surface area contributed by atoms with Crippen molar-refractivity contribution in [2.75, 3.05) is 7.05 Å². The van der Waals surface area contributed by atoms with Crippen LogP contribution in [0, 0.1) is 0 Å². The van der Waals surface area contributed by atoms with Crippen LogP contribution in [0.3, 0.4) is 0 Å². The zero-order chi connectivity index (χ0) is 13.7. The van der Waals surface area contributed by atoms with Crippen molar-refractivity contribution in [2.45, 2.75) is 64.2 Å². The van der Waals surface area contributed by atoms with Crippen LogP contribution in [0.2, 0.25) is 0 Å². The zero-order valence-electron chi connectivity index (χ0n) is 12.6. The van der Waals surface area contributed by atoms with E-state index in [0.29, 0.717) is 18.1 Å². The van der Waals surface area contributed by atoms with E-state index in [0.717, 1.165) is 6.54 Å². The first-order valence-corrected chi connectivity index (χ1v) is 7.67. The summed E-state index contributed by atoms with van der Waals surface area (Å²) in [7, 11) is 2.28. The standard InChI is InChI=1S/C17H28N2/c1-14(2)19(3)17-12-8-7-11-16(17)18-13-15-9-5-4-6-10-15/h4-6,9-10,14,16-18H,7-8,11-13H2,1-3H3. The van der Waals surface area contributed by atoms with Crippen LogP contribution in [0.4, 0.5) is 0 Å². The summed E-state index contributed by atoms with van der Waals surface area (Å²) in [5.41, 5.74) is 1.39. The number of rotatable bonds is 5. The molecule has 1 saturated carbocycles. The maximum atomic E-state index is 3.78. The molecule has 1 aliphatic carbocycles. The molecule has 0 heterocycles. The fourth-order valence-electron chi connectivity index (χ4n) is 3.06. The summed E-state index contributed by atoms with van der Waals surface area (Å²) in [4.78, 5) is 2.54. The first-order chi connectivity index (χ1) is 9.18. The van der Waals surface area contributed by atoms with Gasteiger partial charge < -0.3 is 5.32 Å². The van der Waals surface area contributed by atoms with E-state index in [1.165, 1.54) is 31.2 Å². The van der Waals surface area contributed by atoms with Crippen LogP contribution in [0.15, 0.2) is 30.3 Å². The molecular formula is C17H28N2. The second-order valence-corrected chi connectivity index (χ2v) is 6.08. The Bertz CT molecular complexity index is 361. The molecule has 0 spiro atoms. The number of benzene rings is 1. The third kappa shape index (κ3) is 4.05. The first-order valence-electron chi connectivity index (χ1n) is 7.67. The lowest BCUT2D eigenvalue weighted by molar-refractivity contribution is 0.120. The highest BCUT2D eigenvalue weighted by Gasteiger charge is 2.28. The lowest BCUT2D eigenvalue weighted by Gasteiger charge is -2.40. The van der Waals surface area contributed by atoms with Crippen LogP contribution in [-0.2, 0) is 6.54 Å². The summed E-state index contributed by atoms with van der Waals surface area (Å²) in [6.45, 7) is 5.58. The number of hydrogen-bond acceptors (Lipinski definition) is 2. The molecule has 106 valence electrons. The normalized spacial score (nSPS) is 24.1. The Hall–Kier alpha value is -0.860. The van der Waals surface area contributed by atoms with E-state index in [2.05, 4.69) is 61.4 Å². The molecule has 2 rings (SSSR count). The third-order valence-electron chi connectivity index (χ3n) is 4.48. The van der Waals surface area contributed by atoms with Gasteiger partial charge in [0.25, 0.3) is 0 Å². The summed E-state index contributed by atoms with van der Waals surface area (Å²) in [5, 5.41) is 3.78. The number of hydrogen-bond donors (Lipinski definition) is 1. The average molecular weight is 260 g/mol. The van der Waals surface area contributed by atoms with Crippen molar-refractivity contribution in [1.82, 2.24) is 10.2 Å². The summed E-state index contributed by atoms with van der Waals surface area (Å²) >= 11 is 0. The van der Waals surface area contributed by atoms with Gasteiger partial charge in [-0.15, -0.1) is 0 Å². The van der Waals surface area contributed by atoms with E-state index < -0.39 is 0 Å². The second kappa shape index (κ2) is 7.06. The van der Waals surface area contributed by atoms with Gasteiger partial charge in [0, 0.05) is 24.7 Å². The Labute approximate surface area is 118 Å². The van der Waals surface area contributed by atoms with Gasteiger partial charge in [-0.05, 0) is 39.3 Å². The largest absolute Gasteiger partial charge is 0.308 e. The van der Waals surface area contributed by atoms with Crippen LogP contribution < -0.4 is 5.32 Å². The Kier molecular flexibility index (Phi) is 5.41. The molecule has 0 aromatic heterocycles. The van der Waals surface area contributed by atoms with Gasteiger partial charge in [-0.2, -0.15) is 0 Å². The molecule has 0 aliphatic heterocycles. The molecule has 1 aliphatic rings. The van der Waals surface area contributed by atoms with E-state index in [1.807, 2.05) is 0 Å². The minimum absolute atomic E-state index is 0.629. The Morgan fingerprint density at radius 2 is 1.84 bits per heavy atom. The number of likely N-dealkylation sites (N-methyl/N-ethyl adjacent to an activating group) is 1. The van der Waals surface area contributed by atoms with Gasteiger partial charge in [0.15, 0.2) is 0 Å². The van der Waals surface area contributed by atoms with Gasteiger partial charge >= 0.3 is 0 Å². The van der Waals surface area contributed by atoms with E-state index in [9.17, 15) is 0 Å². The van der Waals surface area contributed by atoms with E-state index >= 15 is 0 Å². The molecule has 2 nitrogen and oxygen atoms in total. The van der Waals surface area contributed by atoms with Crippen molar-refractivity contribution < 1.29 is 0 Å². The maximum absolute atomic E-state index is 3.78. The molecule has 0 saturated heterocycles. The molecule has 1 N–H and O–H groups in total. The van der Waals surface area contributed by atoms with Gasteiger partial charge in [-0.1, -0.05) is 43.2 Å². The highest BCUT2D eigenvalue weighted by atomic mass is 15.2. The van der Waals surface area contributed by atoms with E-state index in [-0.39, 0.29) is 0 Å². The van der Waals surface area contributed by atoms with Gasteiger partial charge in [0.2, 0.25) is 0 Å². The minimum Gasteiger partial charge on any atom is -0.308 e. The van der Waals surface area contributed by atoms with Crippen LogP contribution in [0.1, 0.15) is 45.1 Å². The van der Waals surface area contributed by atoms with E-state index in [1.54, 1.807) is 0 Å². The summed E-state index contributed by atoms with van der Waals surface area (Å²) in [6.07, 6.45) is 5.40. The predicted octanol–water partition coefficient (Wildman–Crippen LogP) is 3.43. The molecule has 0 bridgehead atoms. The maximum Gasteiger partial charge on any atom is 0.0249 e. The van der Waals surface area contributed by atoms with Crippen LogP contribution >= 0.6 is 0 Å². The molecule has 2 unspecified atom stereocenters. The molecule has 0 radical (unpaired) electrons. The Balaban J connectivity index is 1.92. The van der Waals surface area contributed by atoms with Gasteiger partial charge in [0.05, 0.1) is 0 Å². The van der Waals surface area contributed by atoms with Crippen LogP contribution in [-0.4, -0.2) is 30.1 Å². The fraction of sp³-hybridized carbons (Fsp3) is 0.647. The first kappa shape index (κ1) is 14.5. The molecular weight excluding hydrogens is 232 g/mol.